The summed E-state index contributed by atoms with van der Waals surface area (Å²) in [6.45, 7) is 1.33. The lowest BCUT2D eigenvalue weighted by Crippen LogP contribution is -1.99. The Balaban J connectivity index is 2.53. The molecule has 0 unspecified atom stereocenters. The third kappa shape index (κ3) is 6.14. The van der Waals surface area contributed by atoms with Gasteiger partial charge >= 0.3 is 0 Å². The zero-order chi connectivity index (χ0) is 6.24. The van der Waals surface area contributed by atoms with E-state index in [9.17, 15) is 0 Å². The van der Waals surface area contributed by atoms with Crippen molar-refractivity contribution >= 4 is 10.2 Å². The van der Waals surface area contributed by atoms with Crippen LogP contribution in [0.4, 0.5) is 0 Å². The summed E-state index contributed by atoms with van der Waals surface area (Å²) < 4.78 is 4.94. The van der Waals surface area contributed by atoms with Crippen molar-refractivity contribution in [3.05, 3.63) is 0 Å². The van der Waals surface area contributed by atoms with Gasteiger partial charge in [0.05, 0.1) is 13.2 Å². The molecule has 0 saturated carbocycles. The number of hydrogen-bond acceptors (Lipinski definition) is 2. The maximum absolute atomic E-state index is 8.23. The average Bonchev–Trinajstić information content (AvgIpc) is 1.81. The summed E-state index contributed by atoms with van der Waals surface area (Å²) >= 11 is 0. The SMILES string of the molecule is OCCOCCC[Si]. The van der Waals surface area contributed by atoms with Crippen molar-refractivity contribution in [3.63, 3.8) is 0 Å². The number of ether oxygens (including phenoxy) is 1. The predicted molar refractivity (Wildman–Crippen MR) is 33.1 cm³/mol. The van der Waals surface area contributed by atoms with Crippen LogP contribution in [0, 0.1) is 0 Å². The van der Waals surface area contributed by atoms with Gasteiger partial charge in [0.25, 0.3) is 0 Å². The van der Waals surface area contributed by atoms with E-state index >= 15 is 0 Å². The molecule has 0 rings (SSSR count). The predicted octanol–water partition coefficient (Wildman–Crippen LogP) is -0.0278. The highest BCUT2D eigenvalue weighted by atomic mass is 28.1. The lowest BCUT2D eigenvalue weighted by molar-refractivity contribution is 0.0929. The molecule has 2 nitrogen and oxygen atoms in total. The Morgan fingerprint density at radius 2 is 2.12 bits per heavy atom. The van der Waals surface area contributed by atoms with Crippen LogP contribution in [0.2, 0.25) is 6.04 Å². The minimum Gasteiger partial charge on any atom is -0.394 e. The number of rotatable bonds is 5. The Hall–Kier alpha value is 0.137. The molecule has 47 valence electrons. The van der Waals surface area contributed by atoms with Crippen LogP contribution in [0.25, 0.3) is 0 Å². The van der Waals surface area contributed by atoms with Gasteiger partial charge in [-0.05, 0) is 6.42 Å². The first kappa shape index (κ1) is 8.14. The standard InChI is InChI=1S/C5H11O2Si/c6-2-4-7-3-1-5-8/h6H,1-5H2. The molecule has 0 heterocycles. The van der Waals surface area contributed by atoms with Gasteiger partial charge in [0, 0.05) is 16.8 Å². The van der Waals surface area contributed by atoms with Crippen LogP contribution >= 0.6 is 0 Å². The molecule has 0 spiro atoms. The number of aliphatic hydroxyl groups is 1. The van der Waals surface area contributed by atoms with Gasteiger partial charge in [0.2, 0.25) is 0 Å². The molecule has 3 heteroatoms. The van der Waals surface area contributed by atoms with Crippen LogP contribution in [0.5, 0.6) is 0 Å². The average molecular weight is 131 g/mol. The molecule has 3 radical (unpaired) electrons. The van der Waals surface area contributed by atoms with Crippen molar-refractivity contribution in [2.75, 3.05) is 19.8 Å². The zero-order valence-electron chi connectivity index (χ0n) is 4.89. The lowest BCUT2D eigenvalue weighted by atomic mass is 10.5. The second kappa shape index (κ2) is 7.14. The van der Waals surface area contributed by atoms with Gasteiger partial charge in [-0.2, -0.15) is 0 Å². The van der Waals surface area contributed by atoms with E-state index in [1.54, 1.807) is 0 Å². The number of aliphatic hydroxyl groups excluding tert-OH is 1. The van der Waals surface area contributed by atoms with Gasteiger partial charge in [-0.25, -0.2) is 0 Å². The van der Waals surface area contributed by atoms with Crippen molar-refractivity contribution in [2.24, 2.45) is 0 Å². The van der Waals surface area contributed by atoms with Crippen molar-refractivity contribution in [1.82, 2.24) is 0 Å². The maximum Gasteiger partial charge on any atom is 0.0697 e. The monoisotopic (exact) mass is 131 g/mol. The highest BCUT2D eigenvalue weighted by Crippen LogP contribution is 1.84. The number of hydrogen-bond donors (Lipinski definition) is 1. The van der Waals surface area contributed by atoms with Gasteiger partial charge in [0.15, 0.2) is 0 Å². The second-order valence-corrected chi connectivity index (χ2v) is 1.94. The van der Waals surface area contributed by atoms with Crippen LogP contribution in [-0.4, -0.2) is 35.2 Å². The molecular formula is C5H11O2Si. The van der Waals surface area contributed by atoms with Gasteiger partial charge in [-0.1, -0.05) is 6.04 Å². The first-order valence-corrected chi connectivity index (χ1v) is 3.45. The smallest absolute Gasteiger partial charge is 0.0697 e. The zero-order valence-corrected chi connectivity index (χ0v) is 5.89. The fraction of sp³-hybridized carbons (Fsp3) is 1.00. The maximum atomic E-state index is 8.23. The Bertz CT molecular complexity index is 35.4. The highest BCUT2D eigenvalue weighted by Gasteiger charge is 1.82. The lowest BCUT2D eigenvalue weighted by Gasteiger charge is -1.97. The van der Waals surface area contributed by atoms with Crippen molar-refractivity contribution < 1.29 is 9.84 Å². The summed E-state index contributed by atoms with van der Waals surface area (Å²) in [6, 6.07) is 0.964. The normalized spacial score (nSPS) is 9.75. The van der Waals surface area contributed by atoms with Crippen LogP contribution < -0.4 is 0 Å². The Kier molecular flexibility index (Phi) is 7.26. The summed E-state index contributed by atoms with van der Waals surface area (Å²) in [5.41, 5.74) is 0. The van der Waals surface area contributed by atoms with Crippen LogP contribution in [0.15, 0.2) is 0 Å². The molecule has 0 aromatic rings. The molecule has 0 aromatic carbocycles. The van der Waals surface area contributed by atoms with Crippen LogP contribution in [0.1, 0.15) is 6.42 Å². The Morgan fingerprint density at radius 1 is 1.38 bits per heavy atom. The summed E-state index contributed by atoms with van der Waals surface area (Å²) in [5, 5.41) is 8.23. The molecule has 0 aliphatic rings. The van der Waals surface area contributed by atoms with Gasteiger partial charge in [0.1, 0.15) is 0 Å². The first-order valence-electron chi connectivity index (χ1n) is 2.75. The Labute approximate surface area is 53.3 Å². The first-order chi connectivity index (χ1) is 3.91. The largest absolute Gasteiger partial charge is 0.394 e. The van der Waals surface area contributed by atoms with Crippen LogP contribution in [0.3, 0.4) is 0 Å². The molecule has 0 aliphatic carbocycles. The van der Waals surface area contributed by atoms with E-state index in [1.807, 2.05) is 0 Å². The second-order valence-electron chi connectivity index (χ2n) is 1.44. The molecule has 0 atom stereocenters. The van der Waals surface area contributed by atoms with E-state index in [4.69, 9.17) is 9.84 Å². The van der Waals surface area contributed by atoms with E-state index in [2.05, 4.69) is 10.2 Å². The third-order valence-electron chi connectivity index (χ3n) is 0.701. The minimum atomic E-state index is 0.127. The van der Waals surface area contributed by atoms with E-state index in [1.165, 1.54) is 0 Å². The van der Waals surface area contributed by atoms with E-state index in [0.717, 1.165) is 19.1 Å². The summed E-state index contributed by atoms with van der Waals surface area (Å²) in [4.78, 5) is 0. The molecule has 0 aromatic heterocycles. The summed E-state index contributed by atoms with van der Waals surface area (Å²) in [6.07, 6.45) is 1.01. The highest BCUT2D eigenvalue weighted by molar-refractivity contribution is 6.08. The van der Waals surface area contributed by atoms with E-state index < -0.39 is 0 Å². The quantitative estimate of drug-likeness (QED) is 0.419. The molecule has 0 fully saturated rings. The van der Waals surface area contributed by atoms with Gasteiger partial charge in [-0.3, -0.25) is 0 Å². The molecule has 0 bridgehead atoms. The molecule has 0 aliphatic heterocycles. The van der Waals surface area contributed by atoms with Crippen molar-refractivity contribution in [2.45, 2.75) is 12.5 Å². The summed E-state index contributed by atoms with van der Waals surface area (Å²) in [5.74, 6) is 0. The van der Waals surface area contributed by atoms with Gasteiger partial charge in [-0.15, -0.1) is 0 Å². The van der Waals surface area contributed by atoms with E-state index in [0.29, 0.717) is 6.61 Å². The topological polar surface area (TPSA) is 29.5 Å². The van der Waals surface area contributed by atoms with E-state index in [-0.39, 0.29) is 6.61 Å². The van der Waals surface area contributed by atoms with Crippen molar-refractivity contribution in [3.8, 4) is 0 Å². The molecule has 0 amide bonds. The summed E-state index contributed by atoms with van der Waals surface area (Å²) in [7, 11) is 3.30. The fourth-order valence-corrected chi connectivity index (χ4v) is 0.485. The van der Waals surface area contributed by atoms with Crippen molar-refractivity contribution in [1.29, 1.82) is 0 Å². The van der Waals surface area contributed by atoms with Gasteiger partial charge < -0.3 is 9.84 Å². The molecule has 0 saturated heterocycles. The third-order valence-corrected chi connectivity index (χ3v) is 1.05. The fourth-order valence-electron chi connectivity index (χ4n) is 0.341. The van der Waals surface area contributed by atoms with Crippen LogP contribution in [-0.2, 0) is 4.74 Å². The Morgan fingerprint density at radius 3 is 2.62 bits per heavy atom. The molecule has 8 heavy (non-hydrogen) atoms. The molecule has 1 N–H and O–H groups in total. The minimum absolute atomic E-state index is 0.127. The molecular weight excluding hydrogens is 120 g/mol.